The number of rotatable bonds is 9. The van der Waals surface area contributed by atoms with Crippen molar-refractivity contribution in [3.63, 3.8) is 0 Å². The molecule has 1 rings (SSSR count). The molecule has 1 aromatic rings. The molecule has 108 valence electrons. The van der Waals surface area contributed by atoms with Crippen LogP contribution in [-0.4, -0.2) is 33.9 Å². The van der Waals surface area contributed by atoms with Crippen molar-refractivity contribution in [2.45, 2.75) is 45.6 Å². The standard InChI is InChI=1S/C13H24N4O2/c1-4-19-12(18)8-6-5-7-9-14-11(2)13-16-15-10-17(13)3/h10-11,14H,4-9H2,1-3H3. The molecule has 0 saturated carbocycles. The topological polar surface area (TPSA) is 69.0 Å². The molecule has 0 aliphatic heterocycles. The number of nitrogens with zero attached hydrogens (tertiary/aromatic N) is 3. The molecule has 1 heterocycles. The molecule has 0 saturated heterocycles. The van der Waals surface area contributed by atoms with E-state index in [0.29, 0.717) is 13.0 Å². The third kappa shape index (κ3) is 5.83. The highest BCUT2D eigenvalue weighted by atomic mass is 16.5. The van der Waals surface area contributed by atoms with Crippen LogP contribution in [0.15, 0.2) is 6.33 Å². The normalized spacial score (nSPS) is 12.4. The maximum Gasteiger partial charge on any atom is 0.305 e. The van der Waals surface area contributed by atoms with E-state index in [9.17, 15) is 4.79 Å². The van der Waals surface area contributed by atoms with E-state index in [2.05, 4.69) is 22.4 Å². The Morgan fingerprint density at radius 2 is 2.26 bits per heavy atom. The third-order valence-corrected chi connectivity index (χ3v) is 2.95. The summed E-state index contributed by atoms with van der Waals surface area (Å²) in [5.74, 6) is 0.842. The number of nitrogens with one attached hydrogen (secondary N) is 1. The quantitative estimate of drug-likeness (QED) is 0.544. The van der Waals surface area contributed by atoms with E-state index in [4.69, 9.17) is 4.74 Å². The first-order valence-corrected chi connectivity index (χ1v) is 6.88. The van der Waals surface area contributed by atoms with E-state index >= 15 is 0 Å². The molecule has 19 heavy (non-hydrogen) atoms. The van der Waals surface area contributed by atoms with Gasteiger partial charge in [-0.2, -0.15) is 0 Å². The molecule has 1 N–H and O–H groups in total. The lowest BCUT2D eigenvalue weighted by Crippen LogP contribution is -2.22. The van der Waals surface area contributed by atoms with Gasteiger partial charge in [0.05, 0.1) is 12.6 Å². The molecule has 0 fully saturated rings. The first-order chi connectivity index (χ1) is 9.15. The SMILES string of the molecule is CCOC(=O)CCCCCNC(C)c1nncn1C. The Kier molecular flexibility index (Phi) is 7.10. The lowest BCUT2D eigenvalue weighted by atomic mass is 10.2. The van der Waals surface area contributed by atoms with Crippen LogP contribution >= 0.6 is 0 Å². The van der Waals surface area contributed by atoms with Crippen LogP contribution in [0, 0.1) is 0 Å². The van der Waals surface area contributed by atoms with E-state index < -0.39 is 0 Å². The van der Waals surface area contributed by atoms with E-state index in [1.54, 1.807) is 6.33 Å². The van der Waals surface area contributed by atoms with Crippen molar-refractivity contribution >= 4 is 5.97 Å². The Bertz CT molecular complexity index is 378. The highest BCUT2D eigenvalue weighted by Gasteiger charge is 2.09. The number of carbonyl (C=O) groups excluding carboxylic acids is 1. The fourth-order valence-electron chi connectivity index (χ4n) is 1.90. The average Bonchev–Trinajstić information content (AvgIpc) is 2.80. The first kappa shape index (κ1) is 15.6. The van der Waals surface area contributed by atoms with Crippen LogP contribution in [0.2, 0.25) is 0 Å². The fraction of sp³-hybridized carbons (Fsp3) is 0.769. The summed E-state index contributed by atoms with van der Waals surface area (Å²) < 4.78 is 6.79. The van der Waals surface area contributed by atoms with Gasteiger partial charge in [-0.25, -0.2) is 0 Å². The second-order valence-corrected chi connectivity index (χ2v) is 4.59. The van der Waals surface area contributed by atoms with E-state index in [-0.39, 0.29) is 12.0 Å². The van der Waals surface area contributed by atoms with Gasteiger partial charge >= 0.3 is 5.97 Å². The maximum absolute atomic E-state index is 11.1. The minimum Gasteiger partial charge on any atom is -0.466 e. The van der Waals surface area contributed by atoms with Crippen molar-refractivity contribution in [2.24, 2.45) is 7.05 Å². The molecule has 1 unspecified atom stereocenters. The molecule has 0 aliphatic carbocycles. The number of aromatic nitrogens is 3. The van der Waals surface area contributed by atoms with Crippen molar-refractivity contribution in [3.8, 4) is 0 Å². The van der Waals surface area contributed by atoms with Crippen LogP contribution in [0.25, 0.3) is 0 Å². The zero-order chi connectivity index (χ0) is 14.1. The number of hydrogen-bond donors (Lipinski definition) is 1. The van der Waals surface area contributed by atoms with E-state index in [1.807, 2.05) is 18.5 Å². The summed E-state index contributed by atoms with van der Waals surface area (Å²) in [7, 11) is 1.94. The second kappa shape index (κ2) is 8.63. The lowest BCUT2D eigenvalue weighted by molar-refractivity contribution is -0.143. The first-order valence-electron chi connectivity index (χ1n) is 6.88. The molecule has 6 nitrogen and oxygen atoms in total. The molecular formula is C13H24N4O2. The monoisotopic (exact) mass is 268 g/mol. The van der Waals surface area contributed by atoms with E-state index in [1.165, 1.54) is 0 Å². The molecule has 0 spiro atoms. The number of hydrogen-bond acceptors (Lipinski definition) is 5. The van der Waals surface area contributed by atoms with Crippen LogP contribution in [0.5, 0.6) is 0 Å². The molecule has 0 amide bonds. The highest BCUT2D eigenvalue weighted by molar-refractivity contribution is 5.69. The summed E-state index contributed by atoms with van der Waals surface area (Å²) >= 11 is 0. The summed E-state index contributed by atoms with van der Waals surface area (Å²) in [6.45, 7) is 5.28. The number of ether oxygens (including phenoxy) is 1. The average molecular weight is 268 g/mol. The summed E-state index contributed by atoms with van der Waals surface area (Å²) in [5, 5.41) is 11.3. The highest BCUT2D eigenvalue weighted by Crippen LogP contribution is 2.07. The van der Waals surface area contributed by atoms with Crippen LogP contribution in [0.1, 0.15) is 51.4 Å². The maximum atomic E-state index is 11.1. The Balaban J connectivity index is 2.05. The lowest BCUT2D eigenvalue weighted by Gasteiger charge is -2.12. The molecule has 0 aromatic carbocycles. The molecular weight excluding hydrogens is 244 g/mol. The molecule has 0 bridgehead atoms. The predicted molar refractivity (Wildman–Crippen MR) is 72.5 cm³/mol. The van der Waals surface area contributed by atoms with Crippen LogP contribution < -0.4 is 5.32 Å². The van der Waals surface area contributed by atoms with Crippen molar-refractivity contribution in [2.75, 3.05) is 13.2 Å². The smallest absolute Gasteiger partial charge is 0.305 e. The Morgan fingerprint density at radius 3 is 2.89 bits per heavy atom. The Labute approximate surface area is 114 Å². The van der Waals surface area contributed by atoms with Gasteiger partial charge in [0, 0.05) is 13.5 Å². The minimum absolute atomic E-state index is 0.0945. The molecule has 1 aromatic heterocycles. The van der Waals surface area contributed by atoms with E-state index in [0.717, 1.165) is 31.6 Å². The van der Waals surface area contributed by atoms with Gasteiger partial charge in [0.1, 0.15) is 12.2 Å². The zero-order valence-electron chi connectivity index (χ0n) is 12.1. The summed E-state index contributed by atoms with van der Waals surface area (Å²) in [6, 6.07) is 0.192. The van der Waals surface area contributed by atoms with Gasteiger partial charge in [-0.15, -0.1) is 10.2 Å². The number of unbranched alkanes of at least 4 members (excludes halogenated alkanes) is 2. The van der Waals surface area contributed by atoms with Gasteiger partial charge in [0.2, 0.25) is 0 Å². The fourth-order valence-corrected chi connectivity index (χ4v) is 1.90. The van der Waals surface area contributed by atoms with Gasteiger partial charge in [0.25, 0.3) is 0 Å². The minimum atomic E-state index is -0.0945. The van der Waals surface area contributed by atoms with Crippen molar-refractivity contribution in [1.29, 1.82) is 0 Å². The third-order valence-electron chi connectivity index (χ3n) is 2.95. The molecule has 0 aliphatic rings. The largest absolute Gasteiger partial charge is 0.466 e. The Morgan fingerprint density at radius 1 is 1.47 bits per heavy atom. The van der Waals surface area contributed by atoms with Gasteiger partial charge in [-0.1, -0.05) is 6.42 Å². The molecule has 6 heteroatoms. The number of aryl methyl sites for hydroxylation is 1. The van der Waals surface area contributed by atoms with Crippen molar-refractivity contribution in [3.05, 3.63) is 12.2 Å². The predicted octanol–water partition coefficient (Wildman–Crippen LogP) is 1.59. The van der Waals surface area contributed by atoms with Crippen LogP contribution in [0.3, 0.4) is 0 Å². The van der Waals surface area contributed by atoms with Gasteiger partial charge in [-0.3, -0.25) is 4.79 Å². The molecule has 1 atom stereocenters. The van der Waals surface area contributed by atoms with Gasteiger partial charge in [-0.05, 0) is 33.2 Å². The van der Waals surface area contributed by atoms with Gasteiger partial charge in [0.15, 0.2) is 0 Å². The Hall–Kier alpha value is -1.43. The summed E-state index contributed by atoms with van der Waals surface area (Å²) in [5.41, 5.74) is 0. The zero-order valence-corrected chi connectivity index (χ0v) is 12.1. The summed E-state index contributed by atoms with van der Waals surface area (Å²) in [6.07, 6.45) is 5.18. The second-order valence-electron chi connectivity index (χ2n) is 4.59. The number of esters is 1. The van der Waals surface area contributed by atoms with Crippen LogP contribution in [-0.2, 0) is 16.6 Å². The van der Waals surface area contributed by atoms with Crippen molar-refractivity contribution in [1.82, 2.24) is 20.1 Å². The summed E-state index contributed by atoms with van der Waals surface area (Å²) in [4.78, 5) is 11.1. The van der Waals surface area contributed by atoms with Crippen molar-refractivity contribution < 1.29 is 9.53 Å². The molecule has 0 radical (unpaired) electrons. The van der Waals surface area contributed by atoms with Gasteiger partial charge < -0.3 is 14.6 Å². The number of carbonyl (C=O) groups is 1. The van der Waals surface area contributed by atoms with Crippen LogP contribution in [0.4, 0.5) is 0 Å².